The van der Waals surface area contributed by atoms with Crippen molar-refractivity contribution in [2.45, 2.75) is 99.3 Å². The van der Waals surface area contributed by atoms with Crippen LogP contribution in [0.15, 0.2) is 60.7 Å². The van der Waals surface area contributed by atoms with Crippen LogP contribution in [0, 0.1) is 6.92 Å². The van der Waals surface area contributed by atoms with Crippen LogP contribution in [0.5, 0.6) is 5.75 Å². The molecule has 0 saturated carbocycles. The number of aryl methyl sites for hydroxylation is 1. The number of phenolic OH excluding ortho intramolecular Hbond substituents is 1. The molecule has 1 N–H and O–H groups in total. The first-order valence-electron chi connectivity index (χ1n) is 13.3. The van der Waals surface area contributed by atoms with Gasteiger partial charge in [-0.15, -0.1) is 65.8 Å². The third kappa shape index (κ3) is 10.4. The smallest absolute Gasteiger partial charge is 0.116 e. The maximum Gasteiger partial charge on any atom is 0.116 e. The van der Waals surface area contributed by atoms with E-state index >= 15 is 0 Å². The van der Waals surface area contributed by atoms with Gasteiger partial charge in [-0.2, -0.15) is 0 Å². The van der Waals surface area contributed by atoms with Crippen LogP contribution in [-0.2, 0) is 36.2 Å². The molecule has 0 saturated heterocycles. The van der Waals surface area contributed by atoms with Crippen LogP contribution in [-0.4, -0.2) is 8.92 Å². The van der Waals surface area contributed by atoms with E-state index in [1.165, 1.54) is 42.4 Å². The van der Waals surface area contributed by atoms with Gasteiger partial charge < -0.3 is 5.11 Å². The zero-order valence-corrected chi connectivity index (χ0v) is 29.2. The SMILES string of the molecule is CC(C)(C)c1cccc2c3ccc[c-](C(C)(C)C)c-3cc12.C[C](C)=[Ti+].Cc1cc(O)cc(C(C)(C)C)c1.Cl.Cl. The monoisotopic (exact) mass is 603 g/mol. The van der Waals surface area contributed by atoms with Gasteiger partial charge in [0, 0.05) is 0 Å². The Labute approximate surface area is 262 Å². The van der Waals surface area contributed by atoms with Crippen molar-refractivity contribution in [2.75, 3.05) is 0 Å². The predicted octanol–water partition coefficient (Wildman–Crippen LogP) is 10.8. The molecule has 4 heteroatoms. The van der Waals surface area contributed by atoms with E-state index in [-0.39, 0.29) is 41.1 Å². The zero-order chi connectivity index (χ0) is 28.3. The fraction of sp³-hybridized carbons (Fsp3) is 0.429. The first kappa shape index (κ1) is 37.5. The van der Waals surface area contributed by atoms with Gasteiger partial charge >= 0.3 is 37.6 Å². The molecule has 213 valence electrons. The van der Waals surface area contributed by atoms with Gasteiger partial charge in [-0.25, -0.2) is 0 Å². The average molecular weight is 605 g/mol. The normalized spacial score (nSPS) is 11.4. The van der Waals surface area contributed by atoms with Crippen LogP contribution >= 0.6 is 24.8 Å². The summed E-state index contributed by atoms with van der Waals surface area (Å²) in [6.07, 6.45) is 0. The van der Waals surface area contributed by atoms with Crippen LogP contribution in [0.2, 0.25) is 0 Å². The molecule has 2 aliphatic rings. The predicted molar refractivity (Wildman–Crippen MR) is 176 cm³/mol. The van der Waals surface area contributed by atoms with Gasteiger partial charge in [0.15, 0.2) is 0 Å². The van der Waals surface area contributed by atoms with Gasteiger partial charge in [0.05, 0.1) is 0 Å². The van der Waals surface area contributed by atoms with Gasteiger partial charge in [-0.3, -0.25) is 0 Å². The third-order valence-corrected chi connectivity index (χ3v) is 6.34. The number of rotatable bonds is 0. The van der Waals surface area contributed by atoms with Gasteiger partial charge in [0.1, 0.15) is 5.75 Å². The largest absolute Gasteiger partial charge is 0.508 e. The molecule has 0 spiro atoms. The van der Waals surface area contributed by atoms with Crippen molar-refractivity contribution in [3.8, 4) is 16.9 Å². The summed E-state index contributed by atoms with van der Waals surface area (Å²) in [4.78, 5) is 0. The second-order valence-electron chi connectivity index (χ2n) is 13.5. The molecule has 2 aromatic carbocycles. The van der Waals surface area contributed by atoms with Crippen molar-refractivity contribution in [1.82, 2.24) is 0 Å². The molecule has 0 fully saturated rings. The van der Waals surface area contributed by atoms with E-state index in [1.807, 2.05) is 13.0 Å². The summed E-state index contributed by atoms with van der Waals surface area (Å²) >= 11 is 2.08. The minimum Gasteiger partial charge on any atom is -0.508 e. The standard InChI is InChI=1S/C21H25.C11H16O.C3H6.2ClH.Ti/c1-20(2,3)18-11-7-9-14-15-10-8-12-19(21(4,5)6)17(15)13-16(14)18;1-8-5-9(11(2,3)4)7-10(12)6-8;1-3-2;;;/h7-13H,1-6H3;5-7,12H,1-4H3;1-2H3;2*1H;/q-1;;;;;+1. The summed E-state index contributed by atoms with van der Waals surface area (Å²) in [7, 11) is 0. The van der Waals surface area contributed by atoms with E-state index in [0.717, 1.165) is 5.56 Å². The summed E-state index contributed by atoms with van der Waals surface area (Å²) in [6.45, 7) is 26.4. The topological polar surface area (TPSA) is 20.2 Å². The Morgan fingerprint density at radius 3 is 1.77 bits per heavy atom. The Morgan fingerprint density at radius 2 is 1.31 bits per heavy atom. The first-order valence-corrected chi connectivity index (χ1v) is 14.1. The van der Waals surface area contributed by atoms with Crippen LogP contribution in [0.1, 0.15) is 98.4 Å². The molecular weight excluding hydrogens is 555 g/mol. The number of hydrogen-bond donors (Lipinski definition) is 1. The van der Waals surface area contributed by atoms with Crippen molar-refractivity contribution >= 4 is 39.4 Å². The molecule has 0 radical (unpaired) electrons. The molecular formula is C35H49Cl2OTi. The van der Waals surface area contributed by atoms with Crippen molar-refractivity contribution < 1.29 is 25.1 Å². The maximum atomic E-state index is 9.36. The number of halogens is 2. The van der Waals surface area contributed by atoms with Crippen LogP contribution in [0.3, 0.4) is 0 Å². The summed E-state index contributed by atoms with van der Waals surface area (Å²) in [5.41, 5.74) is 8.44. The van der Waals surface area contributed by atoms with E-state index in [4.69, 9.17) is 0 Å². The van der Waals surface area contributed by atoms with Crippen molar-refractivity contribution in [1.29, 1.82) is 0 Å². The minimum absolute atomic E-state index is 0. The fourth-order valence-electron chi connectivity index (χ4n) is 4.56. The Hall–Kier alpha value is -1.51. The van der Waals surface area contributed by atoms with E-state index < -0.39 is 0 Å². The second-order valence-corrected chi connectivity index (χ2v) is 15.0. The molecule has 0 aliphatic heterocycles. The Balaban J connectivity index is 0.000000687. The first-order chi connectivity index (χ1) is 16.8. The van der Waals surface area contributed by atoms with Crippen molar-refractivity contribution in [3.63, 3.8) is 0 Å². The quantitative estimate of drug-likeness (QED) is 0.156. The van der Waals surface area contributed by atoms with Gasteiger partial charge in [0.2, 0.25) is 0 Å². The molecule has 2 aromatic rings. The maximum absolute atomic E-state index is 9.36. The second kappa shape index (κ2) is 14.4. The molecule has 1 nitrogen and oxygen atoms in total. The molecule has 0 aromatic heterocycles. The molecule has 0 atom stereocenters. The van der Waals surface area contributed by atoms with Crippen molar-refractivity contribution in [3.05, 3.63) is 82.9 Å². The summed E-state index contributed by atoms with van der Waals surface area (Å²) in [5.74, 6) is 0.361. The Bertz CT molecular complexity index is 1300. The molecule has 0 unspecified atom stereocenters. The zero-order valence-electron chi connectivity index (χ0n) is 26.0. The number of aromatic hydroxyl groups is 1. The molecule has 39 heavy (non-hydrogen) atoms. The van der Waals surface area contributed by atoms with Gasteiger partial charge in [-0.1, -0.05) is 97.4 Å². The van der Waals surface area contributed by atoms with Gasteiger partial charge in [0.25, 0.3) is 0 Å². The van der Waals surface area contributed by atoms with Crippen LogP contribution in [0.25, 0.3) is 21.9 Å². The average Bonchev–Trinajstić information content (AvgIpc) is 3.09. The van der Waals surface area contributed by atoms with Crippen molar-refractivity contribution in [2.24, 2.45) is 0 Å². The number of hydrogen-bond acceptors (Lipinski definition) is 1. The van der Waals surface area contributed by atoms with E-state index in [0.29, 0.717) is 5.75 Å². The molecule has 2 aliphatic carbocycles. The third-order valence-electron chi connectivity index (χ3n) is 6.34. The Morgan fingerprint density at radius 1 is 0.744 bits per heavy atom. The van der Waals surface area contributed by atoms with Crippen LogP contribution in [0.4, 0.5) is 0 Å². The molecule has 0 bridgehead atoms. The molecule has 0 amide bonds. The summed E-state index contributed by atoms with van der Waals surface area (Å²) in [6, 6.07) is 21.6. The van der Waals surface area contributed by atoms with E-state index in [9.17, 15) is 5.11 Å². The number of benzene rings is 3. The number of fused-ring (bicyclic) bond motifs is 3. The van der Waals surface area contributed by atoms with Crippen LogP contribution < -0.4 is 0 Å². The molecule has 4 rings (SSSR count). The fourth-order valence-corrected chi connectivity index (χ4v) is 4.56. The Kier molecular flexibility index (Phi) is 13.8. The minimum atomic E-state index is 0. The van der Waals surface area contributed by atoms with E-state index in [1.54, 1.807) is 6.07 Å². The van der Waals surface area contributed by atoms with E-state index in [2.05, 4.69) is 145 Å². The van der Waals surface area contributed by atoms with Gasteiger partial charge in [-0.05, 0) is 52.0 Å². The number of phenols is 1. The summed E-state index contributed by atoms with van der Waals surface area (Å²) in [5, 5.41) is 12.2. The summed E-state index contributed by atoms with van der Waals surface area (Å²) < 4.78 is 1.42. The molecule has 0 heterocycles.